The second-order valence-corrected chi connectivity index (χ2v) is 6.11. The van der Waals surface area contributed by atoms with Crippen molar-refractivity contribution in [1.29, 1.82) is 0 Å². The van der Waals surface area contributed by atoms with Crippen molar-refractivity contribution in [2.45, 2.75) is 71.4 Å². The first kappa shape index (κ1) is 10.5. The highest BCUT2D eigenvalue weighted by atomic mass is 15.0. The first-order valence-electron chi connectivity index (χ1n) is 6.36. The van der Waals surface area contributed by atoms with Gasteiger partial charge in [0.15, 0.2) is 0 Å². The zero-order valence-corrected chi connectivity index (χ0v) is 9.97. The zero-order chi connectivity index (χ0) is 10.2. The van der Waals surface area contributed by atoms with E-state index in [0.717, 1.165) is 18.0 Å². The second kappa shape index (κ2) is 3.84. The average molecular weight is 195 g/mol. The zero-order valence-electron chi connectivity index (χ0n) is 9.97. The lowest BCUT2D eigenvalue weighted by molar-refractivity contribution is 0.246. The Morgan fingerprint density at radius 1 is 1.07 bits per heavy atom. The Kier molecular flexibility index (Phi) is 2.88. The smallest absolute Gasteiger partial charge is 0.0121 e. The molecule has 0 heterocycles. The van der Waals surface area contributed by atoms with Crippen LogP contribution in [0.15, 0.2) is 0 Å². The molecule has 3 unspecified atom stereocenters. The fraction of sp³-hybridized carbons (Fsp3) is 1.00. The van der Waals surface area contributed by atoms with Crippen LogP contribution in [0.5, 0.6) is 0 Å². The van der Waals surface area contributed by atoms with Crippen LogP contribution in [0, 0.1) is 11.3 Å². The van der Waals surface area contributed by atoms with E-state index in [1.54, 1.807) is 0 Å². The monoisotopic (exact) mass is 195 g/mol. The normalized spacial score (nSPS) is 41.8. The van der Waals surface area contributed by atoms with Gasteiger partial charge >= 0.3 is 0 Å². The summed E-state index contributed by atoms with van der Waals surface area (Å²) in [4.78, 5) is 0. The number of nitrogens with one attached hydrogen (secondary N) is 1. The largest absolute Gasteiger partial charge is 0.310 e. The van der Waals surface area contributed by atoms with Crippen molar-refractivity contribution in [2.24, 2.45) is 11.3 Å². The van der Waals surface area contributed by atoms with E-state index in [-0.39, 0.29) is 0 Å². The highest BCUT2D eigenvalue weighted by Crippen LogP contribution is 2.38. The Balaban J connectivity index is 1.90. The van der Waals surface area contributed by atoms with E-state index in [2.05, 4.69) is 26.1 Å². The summed E-state index contributed by atoms with van der Waals surface area (Å²) in [6.45, 7) is 7.27. The molecule has 2 aliphatic rings. The summed E-state index contributed by atoms with van der Waals surface area (Å²) in [5.41, 5.74) is 0.544. The minimum atomic E-state index is 0.544. The summed E-state index contributed by atoms with van der Waals surface area (Å²) >= 11 is 0. The summed E-state index contributed by atoms with van der Waals surface area (Å²) in [5.74, 6) is 0.909. The van der Waals surface area contributed by atoms with Gasteiger partial charge in [-0.15, -0.1) is 0 Å². The average Bonchev–Trinajstić information content (AvgIpc) is 2.62. The van der Waals surface area contributed by atoms with Crippen molar-refractivity contribution in [3.63, 3.8) is 0 Å². The Morgan fingerprint density at radius 3 is 2.36 bits per heavy atom. The topological polar surface area (TPSA) is 12.0 Å². The fourth-order valence-corrected chi connectivity index (χ4v) is 3.29. The molecule has 14 heavy (non-hydrogen) atoms. The van der Waals surface area contributed by atoms with Crippen molar-refractivity contribution < 1.29 is 0 Å². The van der Waals surface area contributed by atoms with Gasteiger partial charge in [0.1, 0.15) is 0 Å². The van der Waals surface area contributed by atoms with Gasteiger partial charge in [-0.2, -0.15) is 0 Å². The third-order valence-electron chi connectivity index (χ3n) is 4.53. The SMILES string of the molecule is CC1CCCC1NC1CCCC1(C)C. The molecule has 0 amide bonds. The maximum absolute atomic E-state index is 3.92. The van der Waals surface area contributed by atoms with Crippen LogP contribution in [0.4, 0.5) is 0 Å². The second-order valence-electron chi connectivity index (χ2n) is 6.11. The van der Waals surface area contributed by atoms with E-state index < -0.39 is 0 Å². The van der Waals surface area contributed by atoms with Gasteiger partial charge in [0, 0.05) is 12.1 Å². The molecule has 0 spiro atoms. The molecule has 1 heteroatoms. The molecule has 2 fully saturated rings. The molecular formula is C13H25N. The maximum atomic E-state index is 3.92. The van der Waals surface area contributed by atoms with Crippen LogP contribution in [-0.4, -0.2) is 12.1 Å². The molecule has 0 saturated heterocycles. The van der Waals surface area contributed by atoms with Crippen molar-refractivity contribution in [3.05, 3.63) is 0 Å². The number of rotatable bonds is 2. The minimum absolute atomic E-state index is 0.544. The highest BCUT2D eigenvalue weighted by Gasteiger charge is 2.37. The van der Waals surface area contributed by atoms with Crippen molar-refractivity contribution in [1.82, 2.24) is 5.32 Å². The molecule has 0 aromatic carbocycles. The van der Waals surface area contributed by atoms with Gasteiger partial charge in [0.25, 0.3) is 0 Å². The lowest BCUT2D eigenvalue weighted by Gasteiger charge is -2.32. The molecule has 0 radical (unpaired) electrons. The van der Waals surface area contributed by atoms with Gasteiger partial charge in [0.2, 0.25) is 0 Å². The van der Waals surface area contributed by atoms with Crippen molar-refractivity contribution in [3.8, 4) is 0 Å². The predicted molar refractivity (Wildman–Crippen MR) is 61.4 cm³/mol. The van der Waals surface area contributed by atoms with Crippen LogP contribution in [0.3, 0.4) is 0 Å². The Labute approximate surface area is 88.7 Å². The number of hydrogen-bond acceptors (Lipinski definition) is 1. The molecule has 2 aliphatic carbocycles. The quantitative estimate of drug-likeness (QED) is 0.712. The van der Waals surface area contributed by atoms with Crippen molar-refractivity contribution in [2.75, 3.05) is 0 Å². The van der Waals surface area contributed by atoms with E-state index >= 15 is 0 Å². The molecular weight excluding hydrogens is 170 g/mol. The molecule has 2 saturated carbocycles. The summed E-state index contributed by atoms with van der Waals surface area (Å²) in [6.07, 6.45) is 8.51. The Morgan fingerprint density at radius 2 is 1.86 bits per heavy atom. The fourth-order valence-electron chi connectivity index (χ4n) is 3.29. The first-order chi connectivity index (χ1) is 6.59. The highest BCUT2D eigenvalue weighted by molar-refractivity contribution is 4.94. The molecule has 2 rings (SSSR count). The van der Waals surface area contributed by atoms with Crippen LogP contribution < -0.4 is 5.32 Å². The van der Waals surface area contributed by atoms with Crippen LogP contribution in [0.25, 0.3) is 0 Å². The maximum Gasteiger partial charge on any atom is 0.0121 e. The Bertz CT molecular complexity index is 197. The molecule has 0 aromatic rings. The van der Waals surface area contributed by atoms with E-state index in [9.17, 15) is 0 Å². The summed E-state index contributed by atoms with van der Waals surface area (Å²) in [6, 6.07) is 1.60. The van der Waals surface area contributed by atoms with Gasteiger partial charge in [-0.05, 0) is 37.0 Å². The third kappa shape index (κ3) is 1.98. The lowest BCUT2D eigenvalue weighted by atomic mass is 9.86. The Hall–Kier alpha value is -0.0400. The van der Waals surface area contributed by atoms with Gasteiger partial charge in [0.05, 0.1) is 0 Å². The van der Waals surface area contributed by atoms with Crippen LogP contribution in [0.2, 0.25) is 0 Å². The summed E-state index contributed by atoms with van der Waals surface area (Å²) in [5, 5.41) is 3.92. The van der Waals surface area contributed by atoms with Crippen molar-refractivity contribution >= 4 is 0 Å². The van der Waals surface area contributed by atoms with Gasteiger partial charge < -0.3 is 5.32 Å². The molecule has 0 aromatic heterocycles. The molecule has 0 bridgehead atoms. The minimum Gasteiger partial charge on any atom is -0.310 e. The summed E-state index contributed by atoms with van der Waals surface area (Å²) in [7, 11) is 0. The van der Waals surface area contributed by atoms with E-state index in [0.29, 0.717) is 5.41 Å². The lowest BCUT2D eigenvalue weighted by Crippen LogP contribution is -2.44. The summed E-state index contributed by atoms with van der Waals surface area (Å²) < 4.78 is 0. The third-order valence-corrected chi connectivity index (χ3v) is 4.53. The molecule has 0 aliphatic heterocycles. The van der Waals surface area contributed by atoms with E-state index in [1.165, 1.54) is 38.5 Å². The standard InChI is InChI=1S/C13H25N/c1-10-6-4-7-11(10)14-12-8-5-9-13(12,2)3/h10-12,14H,4-9H2,1-3H3. The van der Waals surface area contributed by atoms with Crippen LogP contribution in [0.1, 0.15) is 59.3 Å². The molecule has 82 valence electrons. The van der Waals surface area contributed by atoms with Crippen LogP contribution >= 0.6 is 0 Å². The first-order valence-corrected chi connectivity index (χ1v) is 6.36. The van der Waals surface area contributed by atoms with Gasteiger partial charge in [-0.3, -0.25) is 0 Å². The van der Waals surface area contributed by atoms with E-state index in [4.69, 9.17) is 0 Å². The van der Waals surface area contributed by atoms with Crippen LogP contribution in [-0.2, 0) is 0 Å². The molecule has 3 atom stereocenters. The van der Waals surface area contributed by atoms with Gasteiger partial charge in [-0.1, -0.05) is 33.6 Å². The van der Waals surface area contributed by atoms with Gasteiger partial charge in [-0.25, -0.2) is 0 Å². The number of hydrogen-bond donors (Lipinski definition) is 1. The molecule has 1 nitrogen and oxygen atoms in total. The predicted octanol–water partition coefficient (Wildman–Crippen LogP) is 3.34. The van der Waals surface area contributed by atoms with E-state index in [1.807, 2.05) is 0 Å². The molecule has 1 N–H and O–H groups in total.